The summed E-state index contributed by atoms with van der Waals surface area (Å²) in [5, 5.41) is 40.2. The molecule has 0 bridgehead atoms. The topological polar surface area (TPSA) is 162 Å². The Labute approximate surface area is 272 Å². The Kier molecular flexibility index (Phi) is 12.7. The second kappa shape index (κ2) is 16.6. The number of likely N-dealkylation sites (N-methyl/N-ethyl adjacent to an activating group) is 1. The van der Waals surface area contributed by atoms with Gasteiger partial charge in [0, 0.05) is 12.1 Å². The molecule has 0 saturated carbocycles. The van der Waals surface area contributed by atoms with Gasteiger partial charge in [-0.2, -0.15) is 13.2 Å². The average Bonchev–Trinajstić information content (AvgIpc) is 3.06. The predicted octanol–water partition coefficient (Wildman–Crippen LogP) is 8.05. The molecule has 0 radical (unpaired) electrons. The Balaban J connectivity index is 0.000000328. The lowest BCUT2D eigenvalue weighted by atomic mass is 9.89. The highest BCUT2D eigenvalue weighted by atomic mass is 19.4. The third kappa shape index (κ3) is 9.59. The maximum absolute atomic E-state index is 14.3. The molecule has 0 spiro atoms. The molecule has 0 amide bonds. The van der Waals surface area contributed by atoms with E-state index in [4.69, 9.17) is 9.84 Å². The lowest BCUT2D eigenvalue weighted by molar-refractivity contribution is -0.404. The number of benzene rings is 4. The number of non-ortho nitro benzene ring substituents is 1. The van der Waals surface area contributed by atoms with Crippen molar-refractivity contribution in [3.63, 3.8) is 0 Å². The number of phenols is 1. The van der Waals surface area contributed by atoms with Crippen LogP contribution in [0, 0.1) is 30.3 Å². The fourth-order valence-electron chi connectivity index (χ4n) is 4.64. The van der Waals surface area contributed by atoms with E-state index in [1.165, 1.54) is 12.1 Å². The van der Waals surface area contributed by atoms with Crippen LogP contribution in [0.5, 0.6) is 11.5 Å². The molecular weight excluding hydrogens is 637 g/mol. The van der Waals surface area contributed by atoms with Crippen LogP contribution >= 0.6 is 0 Å². The molecule has 1 N–H and O–H groups in total. The largest absolute Gasteiger partial charge is 0.497 e. The fraction of sp³-hybridized carbons (Fsp3) is 0.212. The summed E-state index contributed by atoms with van der Waals surface area (Å²) in [6.07, 6.45) is -4.52. The van der Waals surface area contributed by atoms with Crippen molar-refractivity contribution < 1.29 is 37.8 Å². The number of aromatic hydroxyl groups is 1. The van der Waals surface area contributed by atoms with E-state index in [0.717, 1.165) is 19.6 Å². The molecule has 0 aromatic heterocycles. The third-order valence-electron chi connectivity index (χ3n) is 7.03. The van der Waals surface area contributed by atoms with E-state index in [0.29, 0.717) is 35.6 Å². The highest BCUT2D eigenvalue weighted by molar-refractivity contribution is 6.00. The first-order chi connectivity index (χ1) is 22.8. The number of halogens is 3. The molecule has 12 nitrogen and oxygen atoms in total. The van der Waals surface area contributed by atoms with Crippen LogP contribution in [0.15, 0.2) is 97.1 Å². The SMILES string of the molecule is CCN(CC)CCOc1ccc(/C(=C(\c2ccccc2)C(F)(F)F)c2ccccc2)cc1.O=[N+]([O-])c1cc([N+](=O)[O-])c(O)c([N+](=O)[O-])c1. The van der Waals surface area contributed by atoms with Gasteiger partial charge in [0.05, 0.1) is 32.5 Å². The molecule has 0 aliphatic rings. The lowest BCUT2D eigenvalue weighted by Crippen LogP contribution is -2.27. The highest BCUT2D eigenvalue weighted by Crippen LogP contribution is 2.43. The van der Waals surface area contributed by atoms with E-state index in [1.807, 2.05) is 0 Å². The molecule has 4 aromatic carbocycles. The number of hydrogen-bond donors (Lipinski definition) is 1. The van der Waals surface area contributed by atoms with Crippen LogP contribution in [0.3, 0.4) is 0 Å². The van der Waals surface area contributed by atoms with Crippen LogP contribution in [0.1, 0.15) is 30.5 Å². The second-order valence-corrected chi connectivity index (χ2v) is 9.98. The van der Waals surface area contributed by atoms with E-state index >= 15 is 0 Å². The summed E-state index contributed by atoms with van der Waals surface area (Å²) >= 11 is 0. The molecule has 48 heavy (non-hydrogen) atoms. The molecule has 0 aliphatic heterocycles. The number of phenolic OH excluding ortho intramolecular Hbond substituents is 1. The van der Waals surface area contributed by atoms with Gasteiger partial charge in [0.15, 0.2) is 0 Å². The molecule has 0 atom stereocenters. The number of ether oxygens (including phenoxy) is 1. The molecular formula is C33H31F3N4O8. The van der Waals surface area contributed by atoms with E-state index < -0.39 is 49.3 Å². The van der Waals surface area contributed by atoms with Crippen LogP contribution in [-0.4, -0.2) is 57.2 Å². The first-order valence-electron chi connectivity index (χ1n) is 14.5. The minimum Gasteiger partial charge on any atom is -0.497 e. The van der Waals surface area contributed by atoms with E-state index in [1.54, 1.807) is 72.8 Å². The summed E-state index contributed by atoms with van der Waals surface area (Å²) in [4.78, 5) is 30.0. The average molecular weight is 669 g/mol. The number of rotatable bonds is 12. The van der Waals surface area contributed by atoms with Crippen LogP contribution in [-0.2, 0) is 0 Å². The first kappa shape index (κ1) is 36.6. The Morgan fingerprint density at radius 2 is 1.19 bits per heavy atom. The summed E-state index contributed by atoms with van der Waals surface area (Å²) in [7, 11) is 0. The number of hydrogen-bond acceptors (Lipinski definition) is 9. The van der Waals surface area contributed by atoms with Crippen molar-refractivity contribution in [1.29, 1.82) is 0 Å². The van der Waals surface area contributed by atoms with Gasteiger partial charge in [0.2, 0.25) is 0 Å². The van der Waals surface area contributed by atoms with Gasteiger partial charge in [0.1, 0.15) is 12.4 Å². The normalized spacial score (nSPS) is 11.6. The number of allylic oxidation sites excluding steroid dienone is 1. The van der Waals surface area contributed by atoms with Gasteiger partial charge < -0.3 is 14.7 Å². The maximum Gasteiger partial charge on any atom is 0.417 e. The van der Waals surface area contributed by atoms with E-state index in [-0.39, 0.29) is 11.1 Å². The Bertz CT molecular complexity index is 1710. The molecule has 0 unspecified atom stereocenters. The summed E-state index contributed by atoms with van der Waals surface area (Å²) in [6.45, 7) is 7.42. The molecule has 4 rings (SSSR count). The van der Waals surface area contributed by atoms with Crippen molar-refractivity contribution in [3.8, 4) is 11.5 Å². The fourth-order valence-corrected chi connectivity index (χ4v) is 4.64. The summed E-state index contributed by atoms with van der Waals surface area (Å²) < 4.78 is 48.8. The monoisotopic (exact) mass is 668 g/mol. The van der Waals surface area contributed by atoms with Gasteiger partial charge in [-0.1, -0.05) is 86.6 Å². The van der Waals surface area contributed by atoms with Gasteiger partial charge in [-0.15, -0.1) is 0 Å². The zero-order valence-electron chi connectivity index (χ0n) is 25.8. The molecule has 0 heterocycles. The van der Waals surface area contributed by atoms with E-state index in [9.17, 15) is 43.5 Å². The van der Waals surface area contributed by atoms with Gasteiger partial charge in [-0.3, -0.25) is 30.3 Å². The molecule has 0 fully saturated rings. The standard InChI is InChI=1S/C27H28F3NO.C6H3N3O7/c1-3-31(4-2)19-20-32-24-17-15-22(16-18-24)25(21-11-7-5-8-12-21)26(27(28,29)30)23-13-9-6-10-14-23;10-6-4(8(13)14)1-3(7(11)12)2-5(6)9(15)16/h5-18H,3-4,19-20H2,1-2H3;1-2,10H/b26-25+;. The summed E-state index contributed by atoms with van der Waals surface area (Å²) in [6, 6.07) is 24.4. The van der Waals surface area contributed by atoms with Crippen LogP contribution in [0.25, 0.3) is 11.1 Å². The van der Waals surface area contributed by atoms with Gasteiger partial charge in [-0.25, -0.2) is 0 Å². The zero-order chi connectivity index (χ0) is 35.4. The molecule has 0 saturated heterocycles. The van der Waals surface area contributed by atoms with Crippen molar-refractivity contribution >= 4 is 28.2 Å². The van der Waals surface area contributed by atoms with Crippen molar-refractivity contribution in [2.24, 2.45) is 0 Å². The van der Waals surface area contributed by atoms with Crippen molar-refractivity contribution in [2.45, 2.75) is 20.0 Å². The number of alkyl halides is 3. The first-order valence-corrected chi connectivity index (χ1v) is 14.5. The minimum absolute atomic E-state index is 0.137. The van der Waals surface area contributed by atoms with Crippen molar-refractivity contribution in [1.82, 2.24) is 4.90 Å². The minimum atomic E-state index is -4.52. The van der Waals surface area contributed by atoms with Crippen LogP contribution in [0.2, 0.25) is 0 Å². The Hall–Kier alpha value is -5.83. The summed E-state index contributed by atoms with van der Waals surface area (Å²) in [5.74, 6) is -0.567. The summed E-state index contributed by atoms with van der Waals surface area (Å²) in [5.41, 5.74) is -2.36. The smallest absolute Gasteiger partial charge is 0.417 e. The number of nitro groups is 3. The predicted molar refractivity (Wildman–Crippen MR) is 173 cm³/mol. The van der Waals surface area contributed by atoms with Gasteiger partial charge in [0.25, 0.3) is 11.4 Å². The maximum atomic E-state index is 14.3. The Morgan fingerprint density at radius 3 is 1.60 bits per heavy atom. The molecule has 15 heteroatoms. The van der Waals surface area contributed by atoms with E-state index in [2.05, 4.69) is 18.7 Å². The number of nitrogens with zero attached hydrogens (tertiary/aromatic N) is 4. The van der Waals surface area contributed by atoms with Crippen LogP contribution < -0.4 is 4.74 Å². The van der Waals surface area contributed by atoms with Crippen molar-refractivity contribution in [2.75, 3.05) is 26.2 Å². The van der Waals surface area contributed by atoms with Crippen LogP contribution in [0.4, 0.5) is 30.2 Å². The number of nitro benzene ring substituents is 3. The molecule has 4 aromatic rings. The third-order valence-corrected chi connectivity index (χ3v) is 7.03. The quantitative estimate of drug-likeness (QED) is 0.0894. The van der Waals surface area contributed by atoms with Gasteiger partial charge in [-0.05, 0) is 41.9 Å². The Morgan fingerprint density at radius 1 is 0.729 bits per heavy atom. The van der Waals surface area contributed by atoms with Gasteiger partial charge >= 0.3 is 17.6 Å². The van der Waals surface area contributed by atoms with Crippen molar-refractivity contribution in [3.05, 3.63) is 144 Å². The zero-order valence-corrected chi connectivity index (χ0v) is 25.8. The lowest BCUT2D eigenvalue weighted by Gasteiger charge is -2.20. The second-order valence-electron chi connectivity index (χ2n) is 9.98. The molecule has 0 aliphatic carbocycles. The highest BCUT2D eigenvalue weighted by Gasteiger charge is 2.38. The molecule has 252 valence electrons.